The molecule has 0 radical (unpaired) electrons. The summed E-state index contributed by atoms with van der Waals surface area (Å²) >= 11 is 0. The summed E-state index contributed by atoms with van der Waals surface area (Å²) in [5, 5.41) is 1.31. The van der Waals surface area contributed by atoms with Gasteiger partial charge in [0, 0.05) is 12.8 Å². The quantitative estimate of drug-likeness (QED) is 0.0702. The molecule has 0 unspecified atom stereocenters. The first-order valence-corrected chi connectivity index (χ1v) is 18.9. The molecule has 2 aromatic rings. The summed E-state index contributed by atoms with van der Waals surface area (Å²) in [6.45, 7) is 4.52. The number of hydrogen-bond acceptors (Lipinski definition) is 3. The van der Waals surface area contributed by atoms with Crippen LogP contribution in [0.25, 0.3) is 11.1 Å². The summed E-state index contributed by atoms with van der Waals surface area (Å²) in [5.41, 5.74) is 5.62. The minimum absolute atomic E-state index is 0.117. The van der Waals surface area contributed by atoms with E-state index in [-0.39, 0.29) is 11.9 Å². The lowest BCUT2D eigenvalue weighted by Gasteiger charge is -2.22. The van der Waals surface area contributed by atoms with Crippen LogP contribution in [-0.4, -0.2) is 11.9 Å². The molecule has 0 fully saturated rings. The Balaban J connectivity index is 1.43. The topological polar surface area (TPSA) is 46.6 Å². The van der Waals surface area contributed by atoms with E-state index in [1.807, 2.05) is 12.1 Å². The van der Waals surface area contributed by atoms with E-state index in [1.54, 1.807) is 0 Å². The molecule has 0 spiro atoms. The van der Waals surface area contributed by atoms with Gasteiger partial charge in [0.15, 0.2) is 0 Å². The van der Waals surface area contributed by atoms with Crippen molar-refractivity contribution in [2.45, 2.75) is 174 Å². The lowest BCUT2D eigenvalue weighted by Crippen LogP contribution is -2.33. The highest BCUT2D eigenvalue weighted by molar-refractivity contribution is 5.94. The molecule has 0 bridgehead atoms. The van der Waals surface area contributed by atoms with E-state index < -0.39 is 0 Å². The second-order valence-corrected chi connectivity index (χ2v) is 13.4. The van der Waals surface area contributed by atoms with Crippen molar-refractivity contribution in [3.8, 4) is 11.1 Å². The number of carbonyl (C=O) groups is 2. The second kappa shape index (κ2) is 22.8. The Morgan fingerprint density at radius 2 is 1.02 bits per heavy atom. The van der Waals surface area contributed by atoms with Crippen LogP contribution in [0.1, 0.15) is 179 Å². The van der Waals surface area contributed by atoms with Gasteiger partial charge in [-0.3, -0.25) is 4.79 Å². The van der Waals surface area contributed by atoms with Crippen molar-refractivity contribution in [3.05, 3.63) is 53.6 Å². The van der Waals surface area contributed by atoms with Crippen molar-refractivity contribution in [3.63, 3.8) is 0 Å². The second-order valence-electron chi connectivity index (χ2n) is 13.4. The summed E-state index contributed by atoms with van der Waals surface area (Å²) in [6, 6.07) is 14.5. The zero-order chi connectivity index (χ0) is 32.0. The van der Waals surface area contributed by atoms with Crippen molar-refractivity contribution in [1.29, 1.82) is 0 Å². The minimum atomic E-state index is -0.304. The van der Waals surface area contributed by atoms with Crippen molar-refractivity contribution in [2.24, 2.45) is 0 Å². The first-order chi connectivity index (χ1) is 22.1. The van der Waals surface area contributed by atoms with Gasteiger partial charge in [0.2, 0.25) is 0 Å². The molecule has 4 nitrogen and oxygen atoms in total. The third kappa shape index (κ3) is 14.1. The van der Waals surface area contributed by atoms with Crippen molar-refractivity contribution < 1.29 is 14.4 Å². The van der Waals surface area contributed by atoms with Gasteiger partial charge in [0.1, 0.15) is 0 Å². The molecule has 2 aromatic carbocycles. The highest BCUT2D eigenvalue weighted by Crippen LogP contribution is 2.38. The Hall–Kier alpha value is -2.62. The predicted molar refractivity (Wildman–Crippen MR) is 190 cm³/mol. The zero-order valence-electron chi connectivity index (χ0n) is 28.9. The molecule has 1 aliphatic carbocycles. The van der Waals surface area contributed by atoms with Crippen LogP contribution in [-0.2, 0) is 20.8 Å². The van der Waals surface area contributed by atoms with Crippen molar-refractivity contribution >= 4 is 17.6 Å². The third-order valence-corrected chi connectivity index (χ3v) is 9.41. The fourth-order valence-corrected chi connectivity index (χ4v) is 6.63. The maximum Gasteiger partial charge on any atom is 0.333 e. The smallest absolute Gasteiger partial charge is 0.333 e. The van der Waals surface area contributed by atoms with Gasteiger partial charge in [-0.1, -0.05) is 173 Å². The van der Waals surface area contributed by atoms with Gasteiger partial charge in [0.25, 0.3) is 5.91 Å². The van der Waals surface area contributed by atoms with E-state index in [9.17, 15) is 9.59 Å². The SMILES string of the molecule is CCCCCCCCCCCCCC(=O)ON(C(=O)CCCCCCCCCCCCC)c1ccc2c(c1)Cc1ccccc1-2. The summed E-state index contributed by atoms with van der Waals surface area (Å²) in [7, 11) is 0. The Morgan fingerprint density at radius 1 is 0.556 bits per heavy atom. The molecule has 0 saturated carbocycles. The molecular formula is C41H63NO3. The van der Waals surface area contributed by atoms with Crippen LogP contribution in [0.5, 0.6) is 0 Å². The number of carbonyl (C=O) groups excluding carboxylic acids is 2. The average Bonchev–Trinajstić information content (AvgIpc) is 3.43. The van der Waals surface area contributed by atoms with E-state index in [0.29, 0.717) is 18.5 Å². The van der Waals surface area contributed by atoms with E-state index >= 15 is 0 Å². The number of benzene rings is 2. The molecular weight excluding hydrogens is 554 g/mol. The summed E-state index contributed by atoms with van der Waals surface area (Å²) < 4.78 is 0. The Morgan fingerprint density at radius 3 is 1.58 bits per heavy atom. The fraction of sp³-hybridized carbons (Fsp3) is 0.659. The number of fused-ring (bicyclic) bond motifs is 3. The molecule has 4 heteroatoms. The average molecular weight is 618 g/mol. The molecule has 0 saturated heterocycles. The van der Waals surface area contributed by atoms with Crippen LogP contribution in [0.4, 0.5) is 5.69 Å². The molecule has 3 rings (SSSR count). The lowest BCUT2D eigenvalue weighted by atomic mass is 10.0. The van der Waals surface area contributed by atoms with Gasteiger partial charge in [-0.05, 0) is 53.6 Å². The van der Waals surface area contributed by atoms with E-state index in [2.05, 4.69) is 44.2 Å². The molecule has 1 amide bonds. The molecule has 0 aromatic heterocycles. The Labute approximate surface area is 275 Å². The minimum Gasteiger partial charge on any atom is -0.333 e. The van der Waals surface area contributed by atoms with Crippen LogP contribution in [0.2, 0.25) is 0 Å². The monoisotopic (exact) mass is 617 g/mol. The number of unbranched alkanes of at least 4 members (excludes halogenated alkanes) is 20. The number of amides is 1. The van der Waals surface area contributed by atoms with Gasteiger partial charge >= 0.3 is 5.97 Å². The normalized spacial score (nSPS) is 11.8. The first kappa shape index (κ1) is 36.8. The summed E-state index contributed by atoms with van der Waals surface area (Å²) in [6.07, 6.45) is 28.9. The van der Waals surface area contributed by atoms with Crippen LogP contribution in [0, 0.1) is 0 Å². The van der Waals surface area contributed by atoms with Gasteiger partial charge in [-0.25, -0.2) is 4.79 Å². The van der Waals surface area contributed by atoms with Gasteiger partial charge in [-0.2, -0.15) is 0 Å². The van der Waals surface area contributed by atoms with Crippen LogP contribution in [0.15, 0.2) is 42.5 Å². The Kier molecular flexibility index (Phi) is 18.7. The highest BCUT2D eigenvalue weighted by Gasteiger charge is 2.24. The van der Waals surface area contributed by atoms with E-state index in [4.69, 9.17) is 4.84 Å². The third-order valence-electron chi connectivity index (χ3n) is 9.41. The maximum absolute atomic E-state index is 13.5. The van der Waals surface area contributed by atoms with Gasteiger partial charge in [-0.15, -0.1) is 5.06 Å². The first-order valence-electron chi connectivity index (χ1n) is 18.9. The lowest BCUT2D eigenvalue weighted by molar-refractivity contribution is -0.150. The molecule has 0 aliphatic heterocycles. The number of nitrogens with zero attached hydrogens (tertiary/aromatic N) is 1. The Bertz CT molecular complexity index is 1110. The van der Waals surface area contributed by atoms with Crippen LogP contribution < -0.4 is 5.06 Å². The summed E-state index contributed by atoms with van der Waals surface area (Å²) in [5.74, 6) is -0.421. The van der Waals surface area contributed by atoms with Crippen LogP contribution in [0.3, 0.4) is 0 Å². The van der Waals surface area contributed by atoms with Gasteiger partial charge < -0.3 is 4.84 Å². The molecule has 0 atom stereocenters. The zero-order valence-corrected chi connectivity index (χ0v) is 28.9. The molecule has 0 heterocycles. The predicted octanol–water partition coefficient (Wildman–Crippen LogP) is 12.5. The molecule has 250 valence electrons. The fourth-order valence-electron chi connectivity index (χ4n) is 6.63. The highest BCUT2D eigenvalue weighted by atomic mass is 16.7. The summed E-state index contributed by atoms with van der Waals surface area (Å²) in [4.78, 5) is 32.2. The van der Waals surface area contributed by atoms with Gasteiger partial charge in [0.05, 0.1) is 5.69 Å². The number of anilines is 1. The van der Waals surface area contributed by atoms with Crippen molar-refractivity contribution in [1.82, 2.24) is 0 Å². The van der Waals surface area contributed by atoms with E-state index in [1.165, 1.54) is 130 Å². The maximum atomic E-state index is 13.5. The number of hydrogen-bond donors (Lipinski definition) is 0. The molecule has 0 N–H and O–H groups in total. The number of hydroxylamine groups is 1. The van der Waals surface area contributed by atoms with E-state index in [0.717, 1.165) is 44.9 Å². The number of rotatable bonds is 25. The largest absolute Gasteiger partial charge is 0.333 e. The molecule has 1 aliphatic rings. The van der Waals surface area contributed by atoms with Crippen LogP contribution >= 0.6 is 0 Å². The van der Waals surface area contributed by atoms with Crippen molar-refractivity contribution in [2.75, 3.05) is 5.06 Å². The standard InChI is InChI=1S/C41H63NO3/c1-3-5-7-9-11-13-15-17-19-21-23-29-40(43)42(37-31-32-39-36(34-37)33-35-27-25-26-28-38(35)39)45-41(44)30-24-22-20-18-16-14-12-10-8-6-4-2/h25-28,31-32,34H,3-24,29-30,33H2,1-2H3. The molecule has 45 heavy (non-hydrogen) atoms.